The van der Waals surface area contributed by atoms with Gasteiger partial charge in [-0.25, -0.2) is 0 Å². The zero-order chi connectivity index (χ0) is 21.5. The molecule has 30 heavy (non-hydrogen) atoms. The third-order valence-corrected chi connectivity index (χ3v) is 4.95. The maximum Gasteiger partial charge on any atom is 0.251 e. The molecule has 7 heteroatoms. The van der Waals surface area contributed by atoms with Crippen molar-refractivity contribution in [3.8, 4) is 0 Å². The summed E-state index contributed by atoms with van der Waals surface area (Å²) < 4.78 is 0. The molecule has 2 aromatic rings. The molecule has 3 rings (SSSR count). The van der Waals surface area contributed by atoms with Gasteiger partial charge < -0.3 is 15.1 Å². The molecule has 1 heterocycles. The number of rotatable bonds is 8. The van der Waals surface area contributed by atoms with Gasteiger partial charge in [-0.3, -0.25) is 4.79 Å². The van der Waals surface area contributed by atoms with Gasteiger partial charge in [0, 0.05) is 48.2 Å². The minimum atomic E-state index is -0.119. The fourth-order valence-corrected chi connectivity index (χ4v) is 3.67. The highest BCUT2D eigenvalue weighted by Gasteiger charge is 2.18. The average Bonchev–Trinajstić information content (AvgIpc) is 3.15. The lowest BCUT2D eigenvalue weighted by atomic mass is 10.0. The van der Waals surface area contributed by atoms with E-state index in [1.165, 1.54) is 22.4 Å². The molecule has 0 fully saturated rings. The van der Waals surface area contributed by atoms with Crippen molar-refractivity contribution in [1.82, 2.24) is 10.2 Å². The van der Waals surface area contributed by atoms with Crippen LogP contribution in [0.3, 0.4) is 0 Å². The molecule has 0 saturated carbocycles. The van der Waals surface area contributed by atoms with Crippen molar-refractivity contribution in [3.63, 3.8) is 0 Å². The Kier molecular flexibility index (Phi) is 6.99. The van der Waals surface area contributed by atoms with E-state index < -0.39 is 0 Å². The number of aryl methyl sites for hydroxylation is 3. The molecule has 1 N–H and O–H groups in total. The zero-order valence-corrected chi connectivity index (χ0v) is 17.7. The molecule has 1 radical (unpaired) electrons. The van der Waals surface area contributed by atoms with Gasteiger partial charge in [-0.1, -0.05) is 34.9 Å². The monoisotopic (exact) mass is 403 g/mol. The summed E-state index contributed by atoms with van der Waals surface area (Å²) in [5, 5.41) is 6.28. The van der Waals surface area contributed by atoms with E-state index in [0.29, 0.717) is 25.1 Å². The van der Waals surface area contributed by atoms with Crippen LogP contribution in [0, 0.1) is 27.4 Å². The molecule has 0 atom stereocenters. The van der Waals surface area contributed by atoms with Gasteiger partial charge in [-0.2, -0.15) is 0 Å². The molecule has 0 saturated heterocycles. The second-order valence-corrected chi connectivity index (χ2v) is 7.50. The number of hydrogen-bond acceptors (Lipinski definition) is 4. The number of nitrogens with zero attached hydrogens (tertiary/aromatic N) is 5. The van der Waals surface area contributed by atoms with Crippen LogP contribution in [0.2, 0.25) is 0 Å². The van der Waals surface area contributed by atoms with Gasteiger partial charge in [0.25, 0.3) is 5.91 Å². The maximum atomic E-state index is 12.2. The Bertz CT molecular complexity index is 953. The third kappa shape index (κ3) is 5.33. The first-order valence-electron chi connectivity index (χ1n) is 10.0. The highest BCUT2D eigenvalue weighted by molar-refractivity contribution is 5.94. The number of nitrogens with one attached hydrogen (secondary N) is 1. The molecule has 1 amide bonds. The molecule has 0 unspecified atom stereocenters. The summed E-state index contributed by atoms with van der Waals surface area (Å²) in [5.74, 6) is -0.119. The summed E-state index contributed by atoms with van der Waals surface area (Å²) >= 11 is 0. The van der Waals surface area contributed by atoms with Crippen LogP contribution in [0.25, 0.3) is 10.4 Å². The number of anilines is 1. The quantitative estimate of drug-likeness (QED) is 0.293. The summed E-state index contributed by atoms with van der Waals surface area (Å²) in [6.45, 7) is 10.1. The molecular weight excluding hydrogens is 376 g/mol. The van der Waals surface area contributed by atoms with Gasteiger partial charge in [-0.15, -0.1) is 0 Å². The van der Waals surface area contributed by atoms with Crippen LogP contribution in [0.5, 0.6) is 0 Å². The van der Waals surface area contributed by atoms with Crippen molar-refractivity contribution in [2.24, 2.45) is 5.11 Å². The van der Waals surface area contributed by atoms with Crippen LogP contribution < -0.4 is 10.2 Å². The molecule has 7 nitrogen and oxygen atoms in total. The highest BCUT2D eigenvalue weighted by atomic mass is 16.1. The van der Waals surface area contributed by atoms with Crippen LogP contribution in [-0.4, -0.2) is 23.9 Å². The summed E-state index contributed by atoms with van der Waals surface area (Å²) in [5.41, 5.74) is 15.0. The Morgan fingerprint density at radius 3 is 2.47 bits per heavy atom. The fraction of sp³-hybridized carbons (Fsp3) is 0.304. The van der Waals surface area contributed by atoms with Crippen molar-refractivity contribution in [2.75, 3.05) is 18.0 Å². The van der Waals surface area contributed by atoms with Crippen LogP contribution in [0.4, 0.5) is 5.69 Å². The van der Waals surface area contributed by atoms with Gasteiger partial charge in [0.05, 0.1) is 0 Å². The van der Waals surface area contributed by atoms with E-state index in [9.17, 15) is 4.79 Å². The number of amides is 1. The Morgan fingerprint density at radius 2 is 1.80 bits per heavy atom. The van der Waals surface area contributed by atoms with Crippen molar-refractivity contribution in [1.29, 1.82) is 0 Å². The largest absolute Gasteiger partial charge is 0.352 e. The number of benzene rings is 2. The van der Waals surface area contributed by atoms with Gasteiger partial charge in [0.2, 0.25) is 0 Å². The molecular formula is C23H27N6O. The number of azide groups is 1. The minimum Gasteiger partial charge on any atom is -0.352 e. The lowest BCUT2D eigenvalue weighted by Crippen LogP contribution is -2.25. The topological polar surface area (TPSA) is 84.3 Å². The van der Waals surface area contributed by atoms with E-state index in [4.69, 9.17) is 5.53 Å². The normalized spacial score (nSPS) is 12.8. The molecule has 1 aliphatic rings. The smallest absolute Gasteiger partial charge is 0.251 e. The van der Waals surface area contributed by atoms with Crippen molar-refractivity contribution in [2.45, 2.75) is 33.7 Å². The number of carbonyl (C=O) groups is 1. The van der Waals surface area contributed by atoms with E-state index >= 15 is 0 Å². The first-order valence-corrected chi connectivity index (χ1v) is 10.0. The Hall–Kier alpha value is -3.44. The Labute approximate surface area is 177 Å². The van der Waals surface area contributed by atoms with Crippen molar-refractivity contribution >= 4 is 11.6 Å². The lowest BCUT2D eigenvalue weighted by molar-refractivity contribution is 0.0953. The maximum absolute atomic E-state index is 12.2. The van der Waals surface area contributed by atoms with Crippen LogP contribution in [0.15, 0.2) is 53.9 Å². The van der Waals surface area contributed by atoms with E-state index in [2.05, 4.69) is 77.1 Å². The van der Waals surface area contributed by atoms with Gasteiger partial charge in [-0.05, 0) is 61.5 Å². The third-order valence-electron chi connectivity index (χ3n) is 4.95. The van der Waals surface area contributed by atoms with Gasteiger partial charge >= 0.3 is 0 Å². The zero-order valence-electron chi connectivity index (χ0n) is 17.7. The van der Waals surface area contributed by atoms with E-state index in [0.717, 1.165) is 12.1 Å². The average molecular weight is 404 g/mol. The van der Waals surface area contributed by atoms with E-state index in [1.807, 2.05) is 24.3 Å². The molecule has 2 aromatic carbocycles. The standard InChI is InChI=1S/C23H27N6O/c1-17-13-18(2)22(19(3)14-17)29-12-11-28(16-29)15-20-5-7-21(8-6-20)23(30)25-9-4-10-26-27-24/h5-8,11-14,16H,4,9-10,15H2,1-3H3,(H,25,30). The molecule has 155 valence electrons. The minimum absolute atomic E-state index is 0.119. The molecule has 0 spiro atoms. The predicted octanol–water partition coefficient (Wildman–Crippen LogP) is 4.95. The van der Waals surface area contributed by atoms with Crippen LogP contribution >= 0.6 is 0 Å². The van der Waals surface area contributed by atoms with E-state index in [1.54, 1.807) is 0 Å². The molecule has 0 aromatic heterocycles. The fourth-order valence-electron chi connectivity index (χ4n) is 3.67. The second kappa shape index (κ2) is 9.85. The summed E-state index contributed by atoms with van der Waals surface area (Å²) in [4.78, 5) is 19.1. The van der Waals surface area contributed by atoms with Crippen LogP contribution in [-0.2, 0) is 6.54 Å². The van der Waals surface area contributed by atoms with Gasteiger partial charge in [0.15, 0.2) is 0 Å². The molecule has 0 aliphatic carbocycles. The first kappa shape index (κ1) is 21.3. The SMILES string of the molecule is Cc1cc(C)c(N2[CH]N(Cc3ccc(C(=O)NCCCN=[N+]=[N-])cc3)C=C2)c(C)c1. The Balaban J connectivity index is 1.54. The second-order valence-electron chi connectivity index (χ2n) is 7.50. The summed E-state index contributed by atoms with van der Waals surface area (Å²) in [7, 11) is 0. The molecule has 0 bridgehead atoms. The van der Waals surface area contributed by atoms with E-state index in [-0.39, 0.29) is 5.91 Å². The summed E-state index contributed by atoms with van der Waals surface area (Å²) in [6, 6.07) is 12.0. The Morgan fingerprint density at radius 1 is 1.10 bits per heavy atom. The van der Waals surface area contributed by atoms with Gasteiger partial charge in [0.1, 0.15) is 6.67 Å². The van der Waals surface area contributed by atoms with Crippen molar-refractivity contribution in [3.05, 3.63) is 93.7 Å². The predicted molar refractivity (Wildman–Crippen MR) is 120 cm³/mol. The molecule has 1 aliphatic heterocycles. The number of hydrogen-bond donors (Lipinski definition) is 1. The van der Waals surface area contributed by atoms with Crippen molar-refractivity contribution < 1.29 is 4.79 Å². The number of carbonyl (C=O) groups excluding carboxylic acids is 1. The highest BCUT2D eigenvalue weighted by Crippen LogP contribution is 2.30. The first-order chi connectivity index (χ1) is 14.5. The van der Waals surface area contributed by atoms with Crippen LogP contribution in [0.1, 0.15) is 39.0 Å². The lowest BCUT2D eigenvalue weighted by Gasteiger charge is -2.24. The summed E-state index contributed by atoms with van der Waals surface area (Å²) in [6.07, 6.45) is 4.76.